The summed E-state index contributed by atoms with van der Waals surface area (Å²) in [6, 6.07) is 9.09. The molecule has 0 aliphatic carbocycles. The summed E-state index contributed by atoms with van der Waals surface area (Å²) in [7, 11) is 0. The third-order valence-corrected chi connectivity index (χ3v) is 4.67. The third-order valence-electron chi connectivity index (χ3n) is 4.67. The van der Waals surface area contributed by atoms with E-state index in [2.05, 4.69) is 4.98 Å². The van der Waals surface area contributed by atoms with E-state index < -0.39 is 17.7 Å². The average Bonchev–Trinajstić information content (AvgIpc) is 3.04. The number of carboxylic acid groups (broad SMARTS) is 1. The summed E-state index contributed by atoms with van der Waals surface area (Å²) in [4.78, 5) is 27.9. The van der Waals surface area contributed by atoms with Crippen LogP contribution in [-0.4, -0.2) is 20.6 Å². The van der Waals surface area contributed by atoms with Crippen molar-refractivity contribution in [2.24, 2.45) is 0 Å². The maximum atomic E-state index is 13.0. The molecule has 1 N–H and O–H groups in total. The van der Waals surface area contributed by atoms with Crippen LogP contribution in [0.25, 0.3) is 22.6 Å². The second kappa shape index (κ2) is 6.33. The van der Waals surface area contributed by atoms with Crippen LogP contribution in [0, 0.1) is 0 Å². The monoisotopic (exact) mass is 386 g/mol. The molecule has 0 unspecified atom stereocenters. The van der Waals surface area contributed by atoms with E-state index in [1.807, 2.05) is 0 Å². The molecule has 0 radical (unpaired) electrons. The largest absolute Gasteiger partial charge is 0.478 e. The highest BCUT2D eigenvalue weighted by Gasteiger charge is 2.31. The van der Waals surface area contributed by atoms with Crippen molar-refractivity contribution < 1.29 is 23.1 Å². The molecule has 5 nitrogen and oxygen atoms in total. The number of fused-ring (bicyclic) bond motifs is 2. The minimum Gasteiger partial charge on any atom is -0.478 e. The Labute approximate surface area is 156 Å². The normalized spacial score (nSPS) is 15.2. The van der Waals surface area contributed by atoms with Gasteiger partial charge in [-0.3, -0.25) is 9.36 Å². The lowest BCUT2D eigenvalue weighted by Gasteiger charge is -2.09. The predicted molar refractivity (Wildman–Crippen MR) is 96.9 cm³/mol. The van der Waals surface area contributed by atoms with Gasteiger partial charge < -0.3 is 5.11 Å². The first-order valence-electron chi connectivity index (χ1n) is 8.40. The van der Waals surface area contributed by atoms with Gasteiger partial charge in [0.25, 0.3) is 5.56 Å². The molecule has 2 aromatic carbocycles. The molecule has 142 valence electrons. The lowest BCUT2D eigenvalue weighted by Crippen LogP contribution is -2.21. The summed E-state index contributed by atoms with van der Waals surface area (Å²) in [5.74, 6) is -0.704. The van der Waals surface area contributed by atoms with Gasteiger partial charge in [0.1, 0.15) is 5.82 Å². The van der Waals surface area contributed by atoms with E-state index in [1.54, 1.807) is 18.2 Å². The van der Waals surface area contributed by atoms with Gasteiger partial charge in [0.05, 0.1) is 22.0 Å². The topological polar surface area (TPSA) is 72.2 Å². The molecule has 0 spiro atoms. The first-order valence-corrected chi connectivity index (χ1v) is 8.40. The average molecular weight is 386 g/mol. The predicted octanol–water partition coefficient (Wildman–Crippen LogP) is 4.06. The number of allylic oxidation sites excluding steroid dienone is 1. The highest BCUT2D eigenvalue weighted by molar-refractivity contribution is 5.89. The molecule has 0 amide bonds. The molecule has 2 heterocycles. The van der Waals surface area contributed by atoms with Gasteiger partial charge >= 0.3 is 12.1 Å². The molecule has 28 heavy (non-hydrogen) atoms. The van der Waals surface area contributed by atoms with Crippen LogP contribution in [0.3, 0.4) is 0 Å². The molecule has 1 aliphatic rings. The van der Waals surface area contributed by atoms with E-state index in [0.29, 0.717) is 29.9 Å². The van der Waals surface area contributed by atoms with Gasteiger partial charge in [0, 0.05) is 6.54 Å². The lowest BCUT2D eigenvalue weighted by molar-refractivity contribution is -0.137. The summed E-state index contributed by atoms with van der Waals surface area (Å²) in [6.45, 7) is 0.386. The maximum absolute atomic E-state index is 13.0. The van der Waals surface area contributed by atoms with E-state index in [4.69, 9.17) is 5.11 Å². The highest BCUT2D eigenvalue weighted by atomic mass is 19.4. The molecule has 1 aromatic heterocycles. The molecule has 4 rings (SSSR count). The summed E-state index contributed by atoms with van der Waals surface area (Å²) < 4.78 is 40.4. The Bertz CT molecular complexity index is 1190. The Balaban J connectivity index is 1.82. The Morgan fingerprint density at radius 1 is 1.14 bits per heavy atom. The minimum absolute atomic E-state index is 0.0000927. The van der Waals surface area contributed by atoms with Crippen LogP contribution in [-0.2, 0) is 12.7 Å². The highest BCUT2D eigenvalue weighted by Crippen LogP contribution is 2.32. The molecule has 0 fully saturated rings. The molecule has 0 saturated carbocycles. The number of halogens is 3. The van der Waals surface area contributed by atoms with Crippen LogP contribution in [0.2, 0.25) is 0 Å². The first kappa shape index (κ1) is 18.0. The van der Waals surface area contributed by atoms with Crippen molar-refractivity contribution in [1.82, 2.24) is 9.55 Å². The van der Waals surface area contributed by atoms with Crippen molar-refractivity contribution in [3.63, 3.8) is 0 Å². The standard InChI is InChI=1S/C20H13F3N2O3/c21-20(22,23)14-5-6-15-16(10-14)24-17-13(7-8-25(17)18(15)26)9-11-1-3-12(4-2-11)19(27)28/h1-6,9-10H,7-8H2,(H,27,28)/b13-9-. The number of carbonyl (C=O) groups is 1. The van der Waals surface area contributed by atoms with Crippen molar-refractivity contribution in [3.8, 4) is 0 Å². The number of aromatic carboxylic acids is 1. The van der Waals surface area contributed by atoms with Crippen LogP contribution in [0.15, 0.2) is 47.3 Å². The number of benzene rings is 2. The first-order chi connectivity index (χ1) is 13.2. The smallest absolute Gasteiger partial charge is 0.416 e. The fourth-order valence-electron chi connectivity index (χ4n) is 3.25. The fraction of sp³-hybridized carbons (Fsp3) is 0.150. The third kappa shape index (κ3) is 3.06. The zero-order valence-corrected chi connectivity index (χ0v) is 14.3. The van der Waals surface area contributed by atoms with Gasteiger partial charge in [-0.05, 0) is 54.0 Å². The van der Waals surface area contributed by atoms with Gasteiger partial charge in [-0.2, -0.15) is 13.2 Å². The summed E-state index contributed by atoms with van der Waals surface area (Å²) in [6.07, 6.45) is -2.25. The maximum Gasteiger partial charge on any atom is 0.416 e. The number of hydrogen-bond acceptors (Lipinski definition) is 3. The van der Waals surface area contributed by atoms with Gasteiger partial charge in [-0.1, -0.05) is 12.1 Å². The van der Waals surface area contributed by atoms with Crippen molar-refractivity contribution in [2.45, 2.75) is 19.1 Å². The van der Waals surface area contributed by atoms with Gasteiger partial charge in [-0.15, -0.1) is 0 Å². The zero-order chi connectivity index (χ0) is 20.1. The zero-order valence-electron chi connectivity index (χ0n) is 14.3. The van der Waals surface area contributed by atoms with E-state index in [9.17, 15) is 22.8 Å². The molecular weight excluding hydrogens is 373 g/mol. The van der Waals surface area contributed by atoms with Gasteiger partial charge in [0.15, 0.2) is 0 Å². The van der Waals surface area contributed by atoms with E-state index in [0.717, 1.165) is 18.2 Å². The number of hydrogen-bond donors (Lipinski definition) is 1. The number of nitrogens with zero attached hydrogens (tertiary/aromatic N) is 2. The Morgan fingerprint density at radius 3 is 2.50 bits per heavy atom. The quantitative estimate of drug-likeness (QED) is 0.721. The number of rotatable bonds is 2. The minimum atomic E-state index is -4.52. The SMILES string of the molecule is O=C(O)c1ccc(/C=C2/CCn3c2nc2cc(C(F)(F)F)ccc2c3=O)cc1. The Hall–Kier alpha value is -3.42. The second-order valence-corrected chi connectivity index (χ2v) is 6.47. The van der Waals surface area contributed by atoms with Crippen LogP contribution in [0.5, 0.6) is 0 Å². The molecule has 0 bridgehead atoms. The number of carboxylic acids is 1. The van der Waals surface area contributed by atoms with Crippen molar-refractivity contribution in [2.75, 3.05) is 0 Å². The van der Waals surface area contributed by atoms with Crippen molar-refractivity contribution >= 4 is 28.5 Å². The number of aromatic nitrogens is 2. The van der Waals surface area contributed by atoms with Crippen molar-refractivity contribution in [1.29, 1.82) is 0 Å². The summed E-state index contributed by atoms with van der Waals surface area (Å²) in [5, 5.41) is 9.10. The molecule has 1 aliphatic heterocycles. The second-order valence-electron chi connectivity index (χ2n) is 6.47. The summed E-state index contributed by atoms with van der Waals surface area (Å²) in [5.41, 5.74) is 0.336. The molecule has 3 aromatic rings. The van der Waals surface area contributed by atoms with Crippen molar-refractivity contribution in [3.05, 3.63) is 75.3 Å². The molecule has 0 saturated heterocycles. The van der Waals surface area contributed by atoms with Crippen LogP contribution in [0.1, 0.15) is 33.7 Å². The van der Waals surface area contributed by atoms with E-state index in [1.165, 1.54) is 16.7 Å². The van der Waals surface area contributed by atoms with E-state index in [-0.39, 0.29) is 22.0 Å². The van der Waals surface area contributed by atoms with E-state index >= 15 is 0 Å². The summed E-state index contributed by atoms with van der Waals surface area (Å²) >= 11 is 0. The van der Waals surface area contributed by atoms with Gasteiger partial charge in [0.2, 0.25) is 0 Å². The fourth-order valence-corrected chi connectivity index (χ4v) is 3.25. The molecular formula is C20H13F3N2O3. The van der Waals surface area contributed by atoms with Crippen LogP contribution in [0.4, 0.5) is 13.2 Å². The molecule has 8 heteroatoms. The number of alkyl halides is 3. The van der Waals surface area contributed by atoms with Crippen LogP contribution >= 0.6 is 0 Å². The lowest BCUT2D eigenvalue weighted by atomic mass is 10.1. The Morgan fingerprint density at radius 2 is 1.86 bits per heavy atom. The molecule has 0 atom stereocenters. The van der Waals surface area contributed by atoms with Gasteiger partial charge in [-0.25, -0.2) is 9.78 Å². The van der Waals surface area contributed by atoms with Crippen LogP contribution < -0.4 is 5.56 Å². The Kier molecular flexibility index (Phi) is 4.06.